The summed E-state index contributed by atoms with van der Waals surface area (Å²) < 4.78 is 45.0. The number of rotatable bonds is 4. The van der Waals surface area contributed by atoms with Gasteiger partial charge in [0.05, 0.1) is 18.2 Å². The summed E-state index contributed by atoms with van der Waals surface area (Å²) in [7, 11) is 1.40. The zero-order valence-electron chi connectivity index (χ0n) is 15.7. The molecule has 0 aromatic heterocycles. The predicted molar refractivity (Wildman–Crippen MR) is 94.5 cm³/mol. The van der Waals surface area contributed by atoms with Crippen LogP contribution in [0.1, 0.15) is 51.2 Å². The Morgan fingerprint density at radius 3 is 2.35 bits per heavy atom. The highest BCUT2D eigenvalue weighted by Gasteiger charge is 2.37. The van der Waals surface area contributed by atoms with Crippen molar-refractivity contribution in [3.05, 3.63) is 40.8 Å². The lowest BCUT2D eigenvalue weighted by atomic mass is 9.85. The number of nitrogens with two attached hydrogens (primary N) is 1. The number of hydrogen-bond donors (Lipinski definition) is 1. The van der Waals surface area contributed by atoms with Crippen LogP contribution >= 0.6 is 0 Å². The van der Waals surface area contributed by atoms with E-state index in [2.05, 4.69) is 0 Å². The standard InChI is InChI=1S/C19H25F3N2O2/c1-11-13-7-6-12(19(20,21)22)10-14(13)24(9-8-18(2,3)4)17(26-5)15(11)16(23)25/h6-7,10-11H,8-9H2,1-5H3,(H2,23,25). The highest BCUT2D eigenvalue weighted by atomic mass is 19.4. The van der Waals surface area contributed by atoms with Gasteiger partial charge in [-0.15, -0.1) is 0 Å². The summed E-state index contributed by atoms with van der Waals surface area (Å²) in [5.41, 5.74) is 6.06. The lowest BCUT2D eigenvalue weighted by molar-refractivity contribution is -0.137. The van der Waals surface area contributed by atoms with Crippen LogP contribution in [0.2, 0.25) is 0 Å². The summed E-state index contributed by atoms with van der Waals surface area (Å²) in [5, 5.41) is 0. The van der Waals surface area contributed by atoms with E-state index in [0.29, 0.717) is 24.2 Å². The summed E-state index contributed by atoms with van der Waals surface area (Å²) in [6, 6.07) is 3.57. The molecule has 1 aromatic rings. The van der Waals surface area contributed by atoms with Gasteiger partial charge in [-0.05, 0) is 29.5 Å². The minimum Gasteiger partial charge on any atom is -0.482 e. The zero-order valence-corrected chi connectivity index (χ0v) is 15.7. The van der Waals surface area contributed by atoms with Crippen LogP contribution in [0.4, 0.5) is 18.9 Å². The Morgan fingerprint density at radius 1 is 1.27 bits per heavy atom. The van der Waals surface area contributed by atoms with Crippen LogP contribution in [0, 0.1) is 5.41 Å². The van der Waals surface area contributed by atoms with E-state index < -0.39 is 23.6 Å². The average Bonchev–Trinajstić information content (AvgIpc) is 2.50. The first-order valence-corrected chi connectivity index (χ1v) is 8.43. The van der Waals surface area contributed by atoms with Crippen molar-refractivity contribution >= 4 is 11.6 Å². The molecule has 1 aromatic carbocycles. The minimum absolute atomic E-state index is 0.0450. The summed E-state index contributed by atoms with van der Waals surface area (Å²) in [6.45, 7) is 8.27. The molecule has 1 heterocycles. The highest BCUT2D eigenvalue weighted by molar-refractivity contribution is 5.96. The molecule has 26 heavy (non-hydrogen) atoms. The molecule has 0 aliphatic carbocycles. The first kappa shape index (κ1) is 20.1. The van der Waals surface area contributed by atoms with Gasteiger partial charge in [-0.25, -0.2) is 0 Å². The third-order valence-corrected chi connectivity index (χ3v) is 4.57. The fourth-order valence-corrected chi connectivity index (χ4v) is 3.12. The number of fused-ring (bicyclic) bond motifs is 1. The van der Waals surface area contributed by atoms with Crippen molar-refractivity contribution in [1.29, 1.82) is 0 Å². The Hall–Kier alpha value is -2.18. The zero-order chi connectivity index (χ0) is 19.9. The van der Waals surface area contributed by atoms with Crippen LogP contribution in [-0.4, -0.2) is 19.6 Å². The number of carbonyl (C=O) groups excluding carboxylic acids is 1. The molecule has 7 heteroatoms. The van der Waals surface area contributed by atoms with Crippen molar-refractivity contribution in [1.82, 2.24) is 0 Å². The normalized spacial score (nSPS) is 18.0. The molecule has 144 valence electrons. The van der Waals surface area contributed by atoms with Crippen LogP contribution in [0.25, 0.3) is 0 Å². The van der Waals surface area contributed by atoms with Crippen molar-refractivity contribution in [2.45, 2.75) is 46.2 Å². The first-order valence-electron chi connectivity index (χ1n) is 8.43. The number of halogens is 3. The van der Waals surface area contributed by atoms with E-state index in [1.807, 2.05) is 20.8 Å². The van der Waals surface area contributed by atoms with Gasteiger partial charge in [-0.2, -0.15) is 13.2 Å². The molecule has 1 aliphatic heterocycles. The number of amides is 1. The second-order valence-corrected chi connectivity index (χ2v) is 7.74. The van der Waals surface area contributed by atoms with Gasteiger partial charge in [0.25, 0.3) is 5.91 Å². The number of benzene rings is 1. The molecule has 1 aliphatic rings. The SMILES string of the molecule is COC1=C(C(N)=O)C(C)c2ccc(C(F)(F)F)cc2N1CCC(C)(C)C. The number of nitrogens with zero attached hydrogens (tertiary/aromatic N) is 1. The third kappa shape index (κ3) is 3.97. The summed E-state index contributed by atoms with van der Waals surface area (Å²) in [5.74, 6) is -0.868. The molecule has 1 amide bonds. The van der Waals surface area contributed by atoms with Crippen LogP contribution in [-0.2, 0) is 15.7 Å². The van der Waals surface area contributed by atoms with Crippen molar-refractivity contribution in [3.8, 4) is 0 Å². The third-order valence-electron chi connectivity index (χ3n) is 4.57. The van der Waals surface area contributed by atoms with Crippen LogP contribution in [0.15, 0.2) is 29.7 Å². The van der Waals surface area contributed by atoms with E-state index in [4.69, 9.17) is 10.5 Å². The first-order chi connectivity index (χ1) is 11.9. The Balaban J connectivity index is 2.64. The van der Waals surface area contributed by atoms with E-state index in [1.54, 1.807) is 11.8 Å². The lowest BCUT2D eigenvalue weighted by Gasteiger charge is -2.38. The molecule has 0 saturated heterocycles. The van der Waals surface area contributed by atoms with E-state index in [1.165, 1.54) is 13.2 Å². The van der Waals surface area contributed by atoms with E-state index >= 15 is 0 Å². The Bertz CT molecular complexity index is 733. The van der Waals surface area contributed by atoms with Crippen molar-refractivity contribution < 1.29 is 22.7 Å². The van der Waals surface area contributed by atoms with Gasteiger partial charge in [0.1, 0.15) is 0 Å². The second-order valence-electron chi connectivity index (χ2n) is 7.74. The average molecular weight is 370 g/mol. The molecule has 4 nitrogen and oxygen atoms in total. The summed E-state index contributed by atoms with van der Waals surface area (Å²) >= 11 is 0. The number of ether oxygens (including phenoxy) is 1. The Morgan fingerprint density at radius 2 is 1.88 bits per heavy atom. The molecule has 1 atom stereocenters. The van der Waals surface area contributed by atoms with Crippen LogP contribution in [0.5, 0.6) is 0 Å². The topological polar surface area (TPSA) is 55.6 Å². The van der Waals surface area contributed by atoms with Crippen LogP contribution < -0.4 is 10.6 Å². The van der Waals surface area contributed by atoms with Gasteiger partial charge in [-0.1, -0.05) is 33.8 Å². The predicted octanol–water partition coefficient (Wildman–Crippen LogP) is 4.41. The van der Waals surface area contributed by atoms with Gasteiger partial charge in [0.15, 0.2) is 0 Å². The molecule has 0 spiro atoms. The maximum absolute atomic E-state index is 13.2. The van der Waals surface area contributed by atoms with Crippen molar-refractivity contribution in [3.63, 3.8) is 0 Å². The molecule has 0 fully saturated rings. The molecule has 2 N–H and O–H groups in total. The fourth-order valence-electron chi connectivity index (χ4n) is 3.12. The highest BCUT2D eigenvalue weighted by Crippen LogP contribution is 2.44. The number of alkyl halides is 3. The Kier molecular flexibility index (Phi) is 5.31. The lowest BCUT2D eigenvalue weighted by Crippen LogP contribution is -2.37. The monoisotopic (exact) mass is 370 g/mol. The van der Waals surface area contributed by atoms with Gasteiger partial charge < -0.3 is 15.4 Å². The number of anilines is 1. The smallest absolute Gasteiger partial charge is 0.416 e. The van der Waals surface area contributed by atoms with Crippen LogP contribution in [0.3, 0.4) is 0 Å². The molecular weight excluding hydrogens is 345 g/mol. The minimum atomic E-state index is -4.45. The largest absolute Gasteiger partial charge is 0.482 e. The van der Waals surface area contributed by atoms with Gasteiger partial charge in [-0.3, -0.25) is 4.79 Å². The fraction of sp³-hybridized carbons (Fsp3) is 0.526. The van der Waals surface area contributed by atoms with E-state index in [0.717, 1.165) is 12.1 Å². The maximum Gasteiger partial charge on any atom is 0.416 e. The molecule has 0 saturated carbocycles. The molecule has 0 bridgehead atoms. The summed E-state index contributed by atoms with van der Waals surface area (Å²) in [6.07, 6.45) is -3.76. The van der Waals surface area contributed by atoms with Gasteiger partial charge >= 0.3 is 6.18 Å². The number of primary amides is 1. The van der Waals surface area contributed by atoms with E-state index in [-0.39, 0.29) is 16.9 Å². The molecule has 1 unspecified atom stereocenters. The number of methoxy groups -OCH3 is 1. The number of carbonyl (C=O) groups is 1. The van der Waals surface area contributed by atoms with Gasteiger partial charge in [0, 0.05) is 18.2 Å². The quantitative estimate of drug-likeness (QED) is 0.854. The number of hydrogen-bond acceptors (Lipinski definition) is 3. The Labute approximate surface area is 151 Å². The molecule has 0 radical (unpaired) electrons. The molecular formula is C19H25F3N2O2. The van der Waals surface area contributed by atoms with Crippen molar-refractivity contribution in [2.75, 3.05) is 18.6 Å². The maximum atomic E-state index is 13.2. The molecule has 2 rings (SSSR count). The van der Waals surface area contributed by atoms with E-state index in [9.17, 15) is 18.0 Å². The summed E-state index contributed by atoms with van der Waals surface area (Å²) in [4.78, 5) is 13.6. The second kappa shape index (κ2) is 6.85. The van der Waals surface area contributed by atoms with Crippen molar-refractivity contribution in [2.24, 2.45) is 11.1 Å². The van der Waals surface area contributed by atoms with Gasteiger partial charge in [0.2, 0.25) is 5.88 Å².